The van der Waals surface area contributed by atoms with Crippen LogP contribution in [0.25, 0.3) is 0 Å². The lowest BCUT2D eigenvalue weighted by Crippen LogP contribution is -2.29. The first-order chi connectivity index (χ1) is 10.0. The zero-order valence-corrected chi connectivity index (χ0v) is 13.4. The van der Waals surface area contributed by atoms with Gasteiger partial charge in [0.25, 0.3) is 0 Å². The van der Waals surface area contributed by atoms with Crippen LogP contribution in [0.1, 0.15) is 18.6 Å². The molecule has 2 N–H and O–H groups in total. The Kier molecular flexibility index (Phi) is 5.34. The maximum atomic E-state index is 6.15. The number of rotatable bonds is 5. The summed E-state index contributed by atoms with van der Waals surface area (Å²) < 4.78 is 11.2. The average molecular weight is 326 g/mol. The third-order valence-electron chi connectivity index (χ3n) is 3.05. The van der Waals surface area contributed by atoms with Gasteiger partial charge >= 0.3 is 0 Å². The molecular weight excluding hydrogens is 309 g/mol. The van der Waals surface area contributed by atoms with Crippen molar-refractivity contribution >= 4 is 23.2 Å². The molecule has 5 heteroatoms. The first kappa shape index (κ1) is 16.0. The summed E-state index contributed by atoms with van der Waals surface area (Å²) in [5.41, 5.74) is 6.98. The zero-order valence-electron chi connectivity index (χ0n) is 11.8. The number of methoxy groups -OCH3 is 1. The fourth-order valence-electron chi connectivity index (χ4n) is 2.00. The maximum Gasteiger partial charge on any atom is 0.139 e. The van der Waals surface area contributed by atoms with Gasteiger partial charge in [0.2, 0.25) is 0 Å². The SMILES string of the molecule is COc1cccc(C(Oc2ccc(Cl)cc2Cl)C(C)N)c1. The third-order valence-corrected chi connectivity index (χ3v) is 3.58. The number of hydrogen-bond acceptors (Lipinski definition) is 3. The van der Waals surface area contributed by atoms with E-state index in [1.807, 2.05) is 31.2 Å². The lowest BCUT2D eigenvalue weighted by Gasteiger charge is -2.24. The highest BCUT2D eigenvalue weighted by Crippen LogP contribution is 2.33. The van der Waals surface area contributed by atoms with Crippen molar-refractivity contribution < 1.29 is 9.47 Å². The van der Waals surface area contributed by atoms with Crippen LogP contribution in [-0.4, -0.2) is 13.2 Å². The average Bonchev–Trinajstić information content (AvgIpc) is 2.46. The van der Waals surface area contributed by atoms with Crippen LogP contribution in [0.3, 0.4) is 0 Å². The molecule has 0 aliphatic carbocycles. The Morgan fingerprint density at radius 1 is 1.10 bits per heavy atom. The molecule has 0 aromatic heterocycles. The Bertz CT molecular complexity index is 617. The van der Waals surface area contributed by atoms with Crippen molar-refractivity contribution in [2.45, 2.75) is 19.1 Å². The normalized spacial score (nSPS) is 13.6. The van der Waals surface area contributed by atoms with Gasteiger partial charge in [-0.25, -0.2) is 0 Å². The summed E-state index contributed by atoms with van der Waals surface area (Å²) in [6, 6.07) is 12.5. The molecule has 0 amide bonds. The lowest BCUT2D eigenvalue weighted by atomic mass is 10.0. The first-order valence-corrected chi connectivity index (χ1v) is 7.28. The van der Waals surface area contributed by atoms with Crippen LogP contribution in [-0.2, 0) is 0 Å². The molecule has 3 nitrogen and oxygen atoms in total. The summed E-state index contributed by atoms with van der Waals surface area (Å²) in [5, 5.41) is 1.02. The van der Waals surface area contributed by atoms with Gasteiger partial charge in [0.05, 0.1) is 12.1 Å². The van der Waals surface area contributed by atoms with Gasteiger partial charge in [0, 0.05) is 11.1 Å². The molecule has 112 valence electrons. The summed E-state index contributed by atoms with van der Waals surface area (Å²) in [6.07, 6.45) is -0.334. The number of ether oxygens (including phenoxy) is 2. The molecule has 0 aliphatic rings. The van der Waals surface area contributed by atoms with Crippen molar-refractivity contribution in [1.29, 1.82) is 0 Å². The minimum absolute atomic E-state index is 0.219. The lowest BCUT2D eigenvalue weighted by molar-refractivity contribution is 0.180. The second kappa shape index (κ2) is 7.03. The summed E-state index contributed by atoms with van der Waals surface area (Å²) in [4.78, 5) is 0. The van der Waals surface area contributed by atoms with Crippen LogP contribution in [0.5, 0.6) is 11.5 Å². The number of benzene rings is 2. The van der Waals surface area contributed by atoms with Gasteiger partial charge in [-0.1, -0.05) is 35.3 Å². The van der Waals surface area contributed by atoms with Crippen molar-refractivity contribution in [3.8, 4) is 11.5 Å². The van der Waals surface area contributed by atoms with Gasteiger partial charge in [-0.05, 0) is 42.8 Å². The van der Waals surface area contributed by atoms with Crippen LogP contribution in [0.2, 0.25) is 10.0 Å². The molecular formula is C16H17Cl2NO2. The predicted octanol–water partition coefficient (Wildman–Crippen LogP) is 4.47. The Labute approximate surface area is 134 Å². The standard InChI is InChI=1S/C16H17Cl2NO2/c1-10(19)16(11-4-3-5-13(8-11)20-2)21-15-7-6-12(17)9-14(15)18/h3-10,16H,19H2,1-2H3. The molecule has 0 saturated heterocycles. The molecule has 2 rings (SSSR count). The fourth-order valence-corrected chi connectivity index (χ4v) is 2.46. The molecule has 2 aromatic carbocycles. The van der Waals surface area contributed by atoms with Crippen LogP contribution >= 0.6 is 23.2 Å². The van der Waals surface area contributed by atoms with Crippen molar-refractivity contribution in [3.63, 3.8) is 0 Å². The number of halogens is 2. The Morgan fingerprint density at radius 3 is 2.48 bits per heavy atom. The Hall–Kier alpha value is -1.42. The largest absolute Gasteiger partial charge is 0.497 e. The van der Waals surface area contributed by atoms with E-state index in [4.69, 9.17) is 38.4 Å². The topological polar surface area (TPSA) is 44.5 Å². The molecule has 0 aliphatic heterocycles. The van der Waals surface area contributed by atoms with E-state index >= 15 is 0 Å². The van der Waals surface area contributed by atoms with Gasteiger partial charge in [-0.2, -0.15) is 0 Å². The third kappa shape index (κ3) is 4.03. The molecule has 0 radical (unpaired) electrons. The predicted molar refractivity (Wildman–Crippen MR) is 86.5 cm³/mol. The van der Waals surface area contributed by atoms with Crippen LogP contribution in [0, 0.1) is 0 Å². The Morgan fingerprint density at radius 2 is 1.86 bits per heavy atom. The summed E-state index contributed by atoms with van der Waals surface area (Å²) in [7, 11) is 1.62. The second-order valence-electron chi connectivity index (χ2n) is 4.75. The minimum Gasteiger partial charge on any atom is -0.497 e. The van der Waals surface area contributed by atoms with E-state index < -0.39 is 0 Å². The molecule has 2 unspecified atom stereocenters. The monoisotopic (exact) mass is 325 g/mol. The van der Waals surface area contributed by atoms with E-state index in [-0.39, 0.29) is 12.1 Å². The zero-order chi connectivity index (χ0) is 15.4. The number of hydrogen-bond donors (Lipinski definition) is 1. The minimum atomic E-state index is -0.334. The highest BCUT2D eigenvalue weighted by atomic mass is 35.5. The summed E-state index contributed by atoms with van der Waals surface area (Å²) in [5.74, 6) is 1.30. The molecule has 21 heavy (non-hydrogen) atoms. The molecule has 0 bridgehead atoms. The fraction of sp³-hybridized carbons (Fsp3) is 0.250. The van der Waals surface area contributed by atoms with Crippen molar-refractivity contribution in [2.75, 3.05) is 7.11 Å². The van der Waals surface area contributed by atoms with E-state index in [0.29, 0.717) is 15.8 Å². The second-order valence-corrected chi connectivity index (χ2v) is 5.59. The van der Waals surface area contributed by atoms with Gasteiger partial charge < -0.3 is 15.2 Å². The van der Waals surface area contributed by atoms with E-state index in [2.05, 4.69) is 0 Å². The van der Waals surface area contributed by atoms with E-state index in [0.717, 1.165) is 11.3 Å². The van der Waals surface area contributed by atoms with E-state index in [9.17, 15) is 0 Å². The van der Waals surface area contributed by atoms with Crippen LogP contribution < -0.4 is 15.2 Å². The quantitative estimate of drug-likeness (QED) is 0.882. The highest BCUT2D eigenvalue weighted by Gasteiger charge is 2.20. The Balaban J connectivity index is 2.30. The maximum absolute atomic E-state index is 6.15. The van der Waals surface area contributed by atoms with E-state index in [1.54, 1.807) is 25.3 Å². The number of nitrogens with two attached hydrogens (primary N) is 1. The van der Waals surface area contributed by atoms with Crippen molar-refractivity contribution in [2.24, 2.45) is 5.73 Å². The van der Waals surface area contributed by atoms with Crippen LogP contribution in [0.4, 0.5) is 0 Å². The summed E-state index contributed by atoms with van der Waals surface area (Å²) >= 11 is 12.0. The molecule has 0 heterocycles. The molecule has 0 saturated carbocycles. The molecule has 2 aromatic rings. The summed E-state index contributed by atoms with van der Waals surface area (Å²) in [6.45, 7) is 1.88. The highest BCUT2D eigenvalue weighted by molar-refractivity contribution is 6.35. The van der Waals surface area contributed by atoms with Crippen molar-refractivity contribution in [1.82, 2.24) is 0 Å². The molecule has 2 atom stereocenters. The first-order valence-electron chi connectivity index (χ1n) is 6.52. The smallest absolute Gasteiger partial charge is 0.139 e. The van der Waals surface area contributed by atoms with Gasteiger partial charge in [-0.3, -0.25) is 0 Å². The van der Waals surface area contributed by atoms with E-state index in [1.165, 1.54) is 0 Å². The van der Waals surface area contributed by atoms with Gasteiger partial charge in [-0.15, -0.1) is 0 Å². The van der Waals surface area contributed by atoms with Crippen LogP contribution in [0.15, 0.2) is 42.5 Å². The van der Waals surface area contributed by atoms with Gasteiger partial charge in [0.1, 0.15) is 17.6 Å². The molecule has 0 fully saturated rings. The van der Waals surface area contributed by atoms with Crippen molar-refractivity contribution in [3.05, 3.63) is 58.1 Å². The molecule has 0 spiro atoms. The van der Waals surface area contributed by atoms with Gasteiger partial charge in [0.15, 0.2) is 0 Å².